The van der Waals surface area contributed by atoms with E-state index >= 15 is 0 Å². The first kappa shape index (κ1) is 12.2. The number of nitrogens with two attached hydrogens (primary N) is 1. The van der Waals surface area contributed by atoms with Crippen molar-refractivity contribution in [3.63, 3.8) is 0 Å². The Morgan fingerprint density at radius 2 is 2.18 bits per heavy atom. The number of benzene rings is 1. The number of hydrogen-bond donors (Lipinski definition) is 2. The van der Waals surface area contributed by atoms with E-state index in [4.69, 9.17) is 5.73 Å². The Morgan fingerprint density at radius 1 is 1.35 bits per heavy atom. The summed E-state index contributed by atoms with van der Waals surface area (Å²) >= 11 is 0. The van der Waals surface area contributed by atoms with Crippen molar-refractivity contribution in [2.75, 3.05) is 23.8 Å². The first-order chi connectivity index (χ1) is 8.22. The summed E-state index contributed by atoms with van der Waals surface area (Å²) in [5.41, 5.74) is 7.19. The lowest BCUT2D eigenvalue weighted by Gasteiger charge is -2.31. The van der Waals surface area contributed by atoms with Crippen molar-refractivity contribution in [3.05, 3.63) is 24.0 Å². The second-order valence-corrected chi connectivity index (χ2v) is 4.58. The molecular weight excluding hydrogens is 219 g/mol. The lowest BCUT2D eigenvalue weighted by atomic mass is 10.1. The highest BCUT2D eigenvalue weighted by atomic mass is 19.1. The summed E-state index contributed by atoms with van der Waals surface area (Å²) in [5, 5.41) is 9.43. The summed E-state index contributed by atoms with van der Waals surface area (Å²) in [7, 11) is 0. The molecule has 1 saturated heterocycles. The zero-order chi connectivity index (χ0) is 12.3. The van der Waals surface area contributed by atoms with Crippen LogP contribution in [0.3, 0.4) is 0 Å². The molecule has 3 N–H and O–H groups in total. The van der Waals surface area contributed by atoms with Crippen LogP contribution in [0.25, 0.3) is 0 Å². The van der Waals surface area contributed by atoms with Gasteiger partial charge in [-0.3, -0.25) is 0 Å². The lowest BCUT2D eigenvalue weighted by molar-refractivity contribution is 0.255. The fourth-order valence-electron chi connectivity index (χ4n) is 2.45. The largest absolute Gasteiger partial charge is 0.397 e. The van der Waals surface area contributed by atoms with Crippen LogP contribution in [0, 0.1) is 5.82 Å². The lowest BCUT2D eigenvalue weighted by Crippen LogP contribution is -2.38. The van der Waals surface area contributed by atoms with Crippen LogP contribution in [0.1, 0.15) is 25.7 Å². The minimum Gasteiger partial charge on any atom is -0.397 e. The normalized spacial score (nSPS) is 21.3. The van der Waals surface area contributed by atoms with Crippen molar-refractivity contribution >= 4 is 11.4 Å². The molecule has 2 rings (SSSR count). The van der Waals surface area contributed by atoms with Gasteiger partial charge in [-0.1, -0.05) is 12.8 Å². The topological polar surface area (TPSA) is 49.5 Å². The van der Waals surface area contributed by atoms with Crippen molar-refractivity contribution in [1.82, 2.24) is 0 Å². The summed E-state index contributed by atoms with van der Waals surface area (Å²) in [6.07, 6.45) is 4.26. The van der Waals surface area contributed by atoms with E-state index in [2.05, 4.69) is 0 Å². The van der Waals surface area contributed by atoms with Crippen LogP contribution in [0.2, 0.25) is 0 Å². The Labute approximate surface area is 101 Å². The van der Waals surface area contributed by atoms with E-state index in [0.29, 0.717) is 11.4 Å². The molecule has 1 aromatic rings. The molecule has 3 nitrogen and oxygen atoms in total. The monoisotopic (exact) mass is 238 g/mol. The molecule has 94 valence electrons. The molecule has 0 radical (unpaired) electrons. The summed E-state index contributed by atoms with van der Waals surface area (Å²) in [6, 6.07) is 4.47. The number of halogens is 1. The van der Waals surface area contributed by atoms with Gasteiger partial charge in [0.15, 0.2) is 0 Å². The van der Waals surface area contributed by atoms with Crippen molar-refractivity contribution < 1.29 is 9.50 Å². The minimum absolute atomic E-state index is 0.0570. The van der Waals surface area contributed by atoms with Crippen LogP contribution >= 0.6 is 0 Å². The third-order valence-electron chi connectivity index (χ3n) is 3.39. The maximum atomic E-state index is 13.3. The van der Waals surface area contributed by atoms with Gasteiger partial charge in [0.05, 0.1) is 24.0 Å². The van der Waals surface area contributed by atoms with E-state index in [0.717, 1.165) is 32.2 Å². The maximum Gasteiger partial charge on any atom is 0.125 e. The maximum absolute atomic E-state index is 13.3. The standard InChI is InChI=1S/C13H19FN2O/c14-10-5-6-12(15)13(8-10)16-7-3-1-2-4-11(16)9-17/h5-6,8,11,17H,1-4,7,9,15H2. The molecule has 0 spiro atoms. The summed E-state index contributed by atoms with van der Waals surface area (Å²) in [4.78, 5) is 2.05. The first-order valence-electron chi connectivity index (χ1n) is 6.15. The van der Waals surface area contributed by atoms with Gasteiger partial charge in [-0.2, -0.15) is 0 Å². The van der Waals surface area contributed by atoms with Gasteiger partial charge >= 0.3 is 0 Å². The molecule has 1 aliphatic heterocycles. The molecule has 4 heteroatoms. The molecule has 1 heterocycles. The third-order valence-corrected chi connectivity index (χ3v) is 3.39. The van der Waals surface area contributed by atoms with Crippen molar-refractivity contribution in [1.29, 1.82) is 0 Å². The van der Waals surface area contributed by atoms with E-state index in [1.54, 1.807) is 6.07 Å². The zero-order valence-corrected chi connectivity index (χ0v) is 9.90. The predicted molar refractivity (Wildman–Crippen MR) is 67.5 cm³/mol. The highest BCUT2D eigenvalue weighted by molar-refractivity contribution is 5.68. The Bertz CT molecular complexity index is 384. The molecule has 0 aromatic heterocycles. The first-order valence-corrected chi connectivity index (χ1v) is 6.15. The highest BCUT2D eigenvalue weighted by Gasteiger charge is 2.22. The molecule has 1 unspecified atom stereocenters. The van der Waals surface area contributed by atoms with E-state index < -0.39 is 0 Å². The number of nitrogen functional groups attached to an aromatic ring is 1. The molecule has 0 amide bonds. The van der Waals surface area contributed by atoms with E-state index in [-0.39, 0.29) is 18.5 Å². The Hall–Kier alpha value is -1.29. The van der Waals surface area contributed by atoms with Crippen molar-refractivity contribution in [2.24, 2.45) is 0 Å². The van der Waals surface area contributed by atoms with Crippen LogP contribution in [-0.4, -0.2) is 24.3 Å². The third kappa shape index (κ3) is 2.69. The molecule has 1 fully saturated rings. The van der Waals surface area contributed by atoms with E-state index in [9.17, 15) is 9.50 Å². The van der Waals surface area contributed by atoms with Gasteiger partial charge < -0.3 is 15.7 Å². The van der Waals surface area contributed by atoms with Gasteiger partial charge in [-0.15, -0.1) is 0 Å². The van der Waals surface area contributed by atoms with Crippen molar-refractivity contribution in [2.45, 2.75) is 31.7 Å². The average molecular weight is 238 g/mol. The Kier molecular flexibility index (Phi) is 3.84. The Morgan fingerprint density at radius 3 is 2.94 bits per heavy atom. The highest BCUT2D eigenvalue weighted by Crippen LogP contribution is 2.29. The number of aliphatic hydroxyl groups excluding tert-OH is 1. The molecular formula is C13H19FN2O. The van der Waals surface area contributed by atoms with E-state index in [1.165, 1.54) is 12.1 Å². The number of anilines is 2. The average Bonchev–Trinajstić information content (AvgIpc) is 2.57. The molecule has 1 aromatic carbocycles. The predicted octanol–water partition coefficient (Wildman–Crippen LogP) is 2.15. The fraction of sp³-hybridized carbons (Fsp3) is 0.538. The second kappa shape index (κ2) is 5.36. The van der Waals surface area contributed by atoms with Gasteiger partial charge in [0.2, 0.25) is 0 Å². The van der Waals surface area contributed by atoms with Crippen molar-refractivity contribution in [3.8, 4) is 0 Å². The van der Waals surface area contributed by atoms with Gasteiger partial charge in [-0.05, 0) is 31.0 Å². The van der Waals surface area contributed by atoms with Crippen LogP contribution in [-0.2, 0) is 0 Å². The molecule has 0 aliphatic carbocycles. The summed E-state index contributed by atoms with van der Waals surface area (Å²) in [6.45, 7) is 0.925. The number of aliphatic hydroxyl groups is 1. The second-order valence-electron chi connectivity index (χ2n) is 4.58. The van der Waals surface area contributed by atoms with Crippen LogP contribution in [0.4, 0.5) is 15.8 Å². The molecule has 0 bridgehead atoms. The zero-order valence-electron chi connectivity index (χ0n) is 9.90. The molecule has 1 aliphatic rings. The number of nitrogens with zero attached hydrogens (tertiary/aromatic N) is 1. The number of hydrogen-bond acceptors (Lipinski definition) is 3. The van der Waals surface area contributed by atoms with Crippen LogP contribution < -0.4 is 10.6 Å². The van der Waals surface area contributed by atoms with Gasteiger partial charge in [-0.25, -0.2) is 4.39 Å². The summed E-state index contributed by atoms with van der Waals surface area (Å²) in [5.74, 6) is -0.282. The van der Waals surface area contributed by atoms with Crippen LogP contribution in [0.15, 0.2) is 18.2 Å². The molecule has 0 saturated carbocycles. The minimum atomic E-state index is -0.282. The molecule has 1 atom stereocenters. The van der Waals surface area contributed by atoms with Gasteiger partial charge in [0.25, 0.3) is 0 Å². The Balaban J connectivity index is 2.31. The quantitative estimate of drug-likeness (QED) is 0.776. The van der Waals surface area contributed by atoms with E-state index in [1.807, 2.05) is 4.90 Å². The number of rotatable bonds is 2. The smallest absolute Gasteiger partial charge is 0.125 e. The van der Waals surface area contributed by atoms with Crippen LogP contribution in [0.5, 0.6) is 0 Å². The summed E-state index contributed by atoms with van der Waals surface area (Å²) < 4.78 is 13.3. The SMILES string of the molecule is Nc1ccc(F)cc1N1CCCCCC1CO. The fourth-order valence-corrected chi connectivity index (χ4v) is 2.45. The molecule has 17 heavy (non-hydrogen) atoms. The van der Waals surface area contributed by atoms with Gasteiger partial charge in [0.1, 0.15) is 5.82 Å². The van der Waals surface area contributed by atoms with Gasteiger partial charge in [0, 0.05) is 6.54 Å².